The maximum atomic E-state index is 11.9. The van der Waals surface area contributed by atoms with E-state index in [0.29, 0.717) is 6.42 Å². The number of Topliss-reactive ketones (excluding diaryl/α,β-unsaturated/α-hetero) is 1. The molecule has 2 nitrogen and oxygen atoms in total. The lowest BCUT2D eigenvalue weighted by Crippen LogP contribution is -1.99. The molecule has 0 atom stereocenters. The van der Waals surface area contributed by atoms with Crippen LogP contribution in [0.2, 0.25) is 0 Å². The number of hydrogen-bond acceptors (Lipinski definition) is 3. The molecule has 0 aliphatic heterocycles. The summed E-state index contributed by atoms with van der Waals surface area (Å²) < 4.78 is 0.893. The Morgan fingerprint density at radius 2 is 1.94 bits per heavy atom. The second-order valence-corrected chi connectivity index (χ2v) is 5.53. The summed E-state index contributed by atoms with van der Waals surface area (Å²) >= 11 is 4.85. The van der Waals surface area contributed by atoms with Crippen molar-refractivity contribution in [2.45, 2.75) is 12.8 Å². The van der Waals surface area contributed by atoms with Crippen LogP contribution in [-0.2, 0) is 6.42 Å². The van der Waals surface area contributed by atoms with Gasteiger partial charge in [0.1, 0.15) is 0 Å². The molecule has 2 N–H and O–H groups in total. The van der Waals surface area contributed by atoms with Gasteiger partial charge < -0.3 is 5.73 Å². The van der Waals surface area contributed by atoms with Crippen LogP contribution in [0.4, 0.5) is 5.69 Å². The predicted molar refractivity (Wildman–Crippen MR) is 75.5 cm³/mol. The van der Waals surface area contributed by atoms with Crippen molar-refractivity contribution in [1.82, 2.24) is 0 Å². The molecule has 0 unspecified atom stereocenters. The van der Waals surface area contributed by atoms with Crippen molar-refractivity contribution in [3.05, 3.63) is 50.6 Å². The summed E-state index contributed by atoms with van der Waals surface area (Å²) in [7, 11) is 0. The molecule has 0 aliphatic rings. The highest BCUT2D eigenvalue weighted by Crippen LogP contribution is 2.24. The SMILES string of the molecule is Nc1ccc(CCC(=O)c2sccc2Br)cc1. The van der Waals surface area contributed by atoms with E-state index in [1.165, 1.54) is 11.3 Å². The molecule has 0 saturated heterocycles. The van der Waals surface area contributed by atoms with E-state index in [1.807, 2.05) is 35.7 Å². The van der Waals surface area contributed by atoms with Crippen LogP contribution in [0, 0.1) is 0 Å². The number of hydrogen-bond donors (Lipinski definition) is 1. The number of carbonyl (C=O) groups excluding carboxylic acids is 1. The first-order valence-corrected chi connectivity index (χ1v) is 6.94. The summed E-state index contributed by atoms with van der Waals surface area (Å²) in [6, 6.07) is 9.56. The molecule has 0 saturated carbocycles. The summed E-state index contributed by atoms with van der Waals surface area (Å²) in [6.45, 7) is 0. The Bertz CT molecular complexity index is 518. The minimum absolute atomic E-state index is 0.184. The van der Waals surface area contributed by atoms with Crippen molar-refractivity contribution < 1.29 is 4.79 Å². The molecule has 1 heterocycles. The van der Waals surface area contributed by atoms with E-state index in [1.54, 1.807) is 0 Å². The molecule has 0 spiro atoms. The minimum atomic E-state index is 0.184. The van der Waals surface area contributed by atoms with Gasteiger partial charge >= 0.3 is 0 Å². The second-order valence-electron chi connectivity index (χ2n) is 3.76. The number of thiophene rings is 1. The molecule has 0 fully saturated rings. The highest BCUT2D eigenvalue weighted by atomic mass is 79.9. The van der Waals surface area contributed by atoms with Gasteiger partial charge in [0.2, 0.25) is 0 Å². The normalized spacial score (nSPS) is 10.4. The first-order valence-electron chi connectivity index (χ1n) is 5.27. The van der Waals surface area contributed by atoms with Gasteiger partial charge in [0.25, 0.3) is 0 Å². The van der Waals surface area contributed by atoms with Gasteiger partial charge in [-0.1, -0.05) is 12.1 Å². The van der Waals surface area contributed by atoms with Gasteiger partial charge in [0, 0.05) is 16.6 Å². The van der Waals surface area contributed by atoms with E-state index in [4.69, 9.17) is 5.73 Å². The van der Waals surface area contributed by atoms with Crippen LogP contribution in [0.1, 0.15) is 21.7 Å². The van der Waals surface area contributed by atoms with E-state index in [9.17, 15) is 4.79 Å². The van der Waals surface area contributed by atoms with Crippen LogP contribution in [0.3, 0.4) is 0 Å². The maximum absolute atomic E-state index is 11.9. The molecule has 0 aliphatic carbocycles. The highest BCUT2D eigenvalue weighted by molar-refractivity contribution is 9.10. The molecule has 1 aromatic heterocycles. The van der Waals surface area contributed by atoms with Crippen LogP contribution >= 0.6 is 27.3 Å². The van der Waals surface area contributed by atoms with Crippen LogP contribution in [0.5, 0.6) is 0 Å². The zero-order valence-electron chi connectivity index (χ0n) is 9.15. The standard InChI is InChI=1S/C13H12BrNOS/c14-11-7-8-17-13(11)12(16)6-3-9-1-4-10(15)5-2-9/h1-2,4-5,7-8H,3,6,15H2. The Hall–Kier alpha value is -1.13. The first-order chi connectivity index (χ1) is 8.16. The summed E-state index contributed by atoms with van der Waals surface area (Å²) in [6.07, 6.45) is 1.28. The third-order valence-electron chi connectivity index (χ3n) is 2.49. The number of anilines is 1. The summed E-state index contributed by atoms with van der Waals surface area (Å²) in [5.74, 6) is 0.184. The molecule has 0 bridgehead atoms. The predicted octanol–water partition coefficient (Wildman–Crippen LogP) is 3.91. The molecule has 2 rings (SSSR count). The van der Waals surface area contributed by atoms with Crippen LogP contribution in [0.25, 0.3) is 0 Å². The van der Waals surface area contributed by atoms with Crippen LogP contribution in [-0.4, -0.2) is 5.78 Å². The number of ketones is 1. The van der Waals surface area contributed by atoms with Gasteiger partial charge in [-0.3, -0.25) is 4.79 Å². The number of nitrogen functional groups attached to an aromatic ring is 1. The number of carbonyl (C=O) groups is 1. The molecule has 1 aromatic carbocycles. The molecule has 88 valence electrons. The Labute approximate surface area is 113 Å². The van der Waals surface area contributed by atoms with Gasteiger partial charge in [-0.2, -0.15) is 0 Å². The lowest BCUT2D eigenvalue weighted by atomic mass is 10.1. The zero-order valence-corrected chi connectivity index (χ0v) is 11.6. The van der Waals surface area contributed by atoms with Crippen molar-refractivity contribution >= 4 is 38.7 Å². The molecule has 0 amide bonds. The van der Waals surface area contributed by atoms with E-state index in [0.717, 1.165) is 27.0 Å². The van der Waals surface area contributed by atoms with Crippen LogP contribution in [0.15, 0.2) is 40.2 Å². The largest absolute Gasteiger partial charge is 0.399 e. The highest BCUT2D eigenvalue weighted by Gasteiger charge is 2.11. The number of benzene rings is 1. The second kappa shape index (κ2) is 5.47. The van der Waals surface area contributed by atoms with Gasteiger partial charge in [0.05, 0.1) is 4.88 Å². The topological polar surface area (TPSA) is 43.1 Å². The van der Waals surface area contributed by atoms with E-state index in [-0.39, 0.29) is 5.78 Å². The number of halogens is 1. The van der Waals surface area contributed by atoms with E-state index >= 15 is 0 Å². The van der Waals surface area contributed by atoms with Crippen molar-refractivity contribution in [3.63, 3.8) is 0 Å². The average molecular weight is 310 g/mol. The molecule has 4 heteroatoms. The third-order valence-corrected chi connectivity index (χ3v) is 4.37. The minimum Gasteiger partial charge on any atom is -0.399 e. The average Bonchev–Trinajstić information content (AvgIpc) is 2.74. The summed E-state index contributed by atoms with van der Waals surface area (Å²) in [4.78, 5) is 12.7. The van der Waals surface area contributed by atoms with Crippen molar-refractivity contribution in [2.75, 3.05) is 5.73 Å². The first kappa shape index (κ1) is 12.3. The number of nitrogens with two attached hydrogens (primary N) is 1. The molecular formula is C13H12BrNOS. The Kier molecular flexibility index (Phi) is 3.97. The maximum Gasteiger partial charge on any atom is 0.174 e. The van der Waals surface area contributed by atoms with Gasteiger partial charge in [-0.05, 0) is 51.5 Å². The number of rotatable bonds is 4. The van der Waals surface area contributed by atoms with Crippen LogP contribution < -0.4 is 5.73 Å². The molecular weight excluding hydrogens is 298 g/mol. The Balaban J connectivity index is 1.97. The lowest BCUT2D eigenvalue weighted by molar-refractivity contribution is 0.0986. The molecule has 2 aromatic rings. The Morgan fingerprint density at radius 1 is 1.24 bits per heavy atom. The van der Waals surface area contributed by atoms with Crippen molar-refractivity contribution in [1.29, 1.82) is 0 Å². The Morgan fingerprint density at radius 3 is 2.53 bits per heavy atom. The van der Waals surface area contributed by atoms with Gasteiger partial charge in [-0.25, -0.2) is 0 Å². The van der Waals surface area contributed by atoms with E-state index < -0.39 is 0 Å². The summed E-state index contributed by atoms with van der Waals surface area (Å²) in [5, 5.41) is 1.92. The van der Waals surface area contributed by atoms with Gasteiger partial charge in [0.15, 0.2) is 5.78 Å². The molecule has 0 radical (unpaired) electrons. The van der Waals surface area contributed by atoms with E-state index in [2.05, 4.69) is 15.9 Å². The fourth-order valence-corrected chi connectivity index (χ4v) is 3.11. The zero-order chi connectivity index (χ0) is 12.3. The number of aryl methyl sites for hydroxylation is 1. The lowest BCUT2D eigenvalue weighted by Gasteiger charge is -2.01. The molecule has 17 heavy (non-hydrogen) atoms. The quantitative estimate of drug-likeness (QED) is 0.687. The van der Waals surface area contributed by atoms with Gasteiger partial charge in [-0.15, -0.1) is 11.3 Å². The fraction of sp³-hybridized carbons (Fsp3) is 0.154. The summed E-state index contributed by atoms with van der Waals surface area (Å²) in [5.41, 5.74) is 7.50. The fourth-order valence-electron chi connectivity index (χ4n) is 1.55. The third kappa shape index (κ3) is 3.17. The van der Waals surface area contributed by atoms with Crippen molar-refractivity contribution in [3.8, 4) is 0 Å². The van der Waals surface area contributed by atoms with Crippen molar-refractivity contribution in [2.24, 2.45) is 0 Å². The monoisotopic (exact) mass is 309 g/mol. The smallest absolute Gasteiger partial charge is 0.174 e.